The molecule has 2 aromatic rings. The van der Waals surface area contributed by atoms with Gasteiger partial charge in [0.15, 0.2) is 0 Å². The fourth-order valence-electron chi connectivity index (χ4n) is 2.34. The number of non-ortho nitro benzene ring substituents is 1. The smallest absolute Gasteiger partial charge is 0.339 e. The molecular weight excluding hydrogens is 258 g/mol. The summed E-state index contributed by atoms with van der Waals surface area (Å²) >= 11 is 0. The van der Waals surface area contributed by atoms with Crippen LogP contribution in [0.25, 0.3) is 0 Å². The van der Waals surface area contributed by atoms with Gasteiger partial charge in [-0.15, -0.1) is 0 Å². The quantitative estimate of drug-likeness (QED) is 0.488. The number of ether oxygens (including phenoxy) is 1. The third-order valence-corrected chi connectivity index (χ3v) is 3.35. The van der Waals surface area contributed by atoms with Crippen molar-refractivity contribution < 1.29 is 14.5 Å². The lowest BCUT2D eigenvalue weighted by molar-refractivity contribution is -0.384. The molecule has 3 rings (SSSR count). The zero-order chi connectivity index (χ0) is 14.1. The molecule has 1 heterocycles. The van der Waals surface area contributed by atoms with E-state index in [4.69, 9.17) is 4.74 Å². The highest BCUT2D eigenvalue weighted by Crippen LogP contribution is 2.33. The van der Waals surface area contributed by atoms with Crippen molar-refractivity contribution in [3.63, 3.8) is 0 Å². The number of rotatable bonds is 3. The predicted molar refractivity (Wildman–Crippen MR) is 71.4 cm³/mol. The van der Waals surface area contributed by atoms with Gasteiger partial charge in [0.2, 0.25) is 0 Å². The van der Waals surface area contributed by atoms with E-state index in [9.17, 15) is 14.9 Å². The molecule has 0 fully saturated rings. The highest BCUT2D eigenvalue weighted by atomic mass is 16.6. The number of nitro groups is 1. The zero-order valence-corrected chi connectivity index (χ0v) is 10.5. The molecule has 1 unspecified atom stereocenters. The summed E-state index contributed by atoms with van der Waals surface area (Å²) in [5.74, 6) is -0.312. The minimum Gasteiger partial charge on any atom is -0.454 e. The fourth-order valence-corrected chi connectivity index (χ4v) is 2.34. The van der Waals surface area contributed by atoms with Gasteiger partial charge in [0.25, 0.3) is 5.69 Å². The van der Waals surface area contributed by atoms with Gasteiger partial charge in [-0.3, -0.25) is 10.1 Å². The number of nitro benzene ring substituents is 1. The number of carbonyl (C=O) groups excluding carboxylic acids is 1. The lowest BCUT2D eigenvalue weighted by Gasteiger charge is -2.10. The van der Waals surface area contributed by atoms with E-state index in [0.717, 1.165) is 11.1 Å². The molecule has 0 saturated heterocycles. The topological polar surface area (TPSA) is 69.4 Å². The second kappa shape index (κ2) is 4.77. The van der Waals surface area contributed by atoms with Crippen molar-refractivity contribution in [2.75, 3.05) is 0 Å². The zero-order valence-electron chi connectivity index (χ0n) is 10.5. The molecule has 0 amide bonds. The molecule has 100 valence electrons. The van der Waals surface area contributed by atoms with Crippen LogP contribution in [-0.2, 0) is 11.2 Å². The Kier molecular flexibility index (Phi) is 2.95. The van der Waals surface area contributed by atoms with Gasteiger partial charge in [-0.1, -0.05) is 30.3 Å². The van der Waals surface area contributed by atoms with Crippen molar-refractivity contribution in [2.45, 2.75) is 12.5 Å². The molecule has 0 saturated carbocycles. The second-order valence-electron chi connectivity index (χ2n) is 4.61. The Hall–Kier alpha value is -2.69. The number of nitrogens with zero attached hydrogens (tertiary/aromatic N) is 1. The molecular formula is C15H11NO4. The number of cyclic esters (lactones) is 1. The number of fused-ring (bicyclic) bond motifs is 1. The van der Waals surface area contributed by atoms with Crippen LogP contribution >= 0.6 is 0 Å². The van der Waals surface area contributed by atoms with Gasteiger partial charge >= 0.3 is 5.97 Å². The largest absolute Gasteiger partial charge is 0.454 e. The first kappa shape index (κ1) is 12.3. The first-order valence-corrected chi connectivity index (χ1v) is 6.18. The van der Waals surface area contributed by atoms with Crippen LogP contribution in [0.1, 0.15) is 27.6 Å². The summed E-state index contributed by atoms with van der Waals surface area (Å²) in [4.78, 5) is 21.9. The molecule has 5 nitrogen and oxygen atoms in total. The van der Waals surface area contributed by atoms with E-state index in [1.807, 2.05) is 12.1 Å². The maximum atomic E-state index is 11.7. The molecule has 0 bridgehead atoms. The van der Waals surface area contributed by atoms with Gasteiger partial charge in [0, 0.05) is 24.1 Å². The molecule has 2 aromatic carbocycles. The Morgan fingerprint density at radius 1 is 1.10 bits per heavy atom. The maximum absolute atomic E-state index is 11.7. The van der Waals surface area contributed by atoms with Gasteiger partial charge in [-0.25, -0.2) is 4.79 Å². The number of hydrogen-bond acceptors (Lipinski definition) is 4. The van der Waals surface area contributed by atoms with Crippen LogP contribution in [0.5, 0.6) is 0 Å². The number of benzene rings is 2. The summed E-state index contributed by atoms with van der Waals surface area (Å²) in [6.45, 7) is 0. The lowest BCUT2D eigenvalue weighted by atomic mass is 9.99. The van der Waals surface area contributed by atoms with Gasteiger partial charge < -0.3 is 4.74 Å². The Morgan fingerprint density at radius 3 is 2.50 bits per heavy atom. The van der Waals surface area contributed by atoms with Crippen molar-refractivity contribution in [3.05, 3.63) is 75.3 Å². The van der Waals surface area contributed by atoms with Crippen LogP contribution in [0.4, 0.5) is 5.69 Å². The molecule has 1 aliphatic heterocycles. The Balaban J connectivity index is 1.82. The molecule has 0 N–H and O–H groups in total. The highest BCUT2D eigenvalue weighted by Gasteiger charge is 2.30. The Bertz CT molecular complexity index is 679. The van der Waals surface area contributed by atoms with Crippen LogP contribution < -0.4 is 0 Å². The molecule has 1 aliphatic rings. The van der Waals surface area contributed by atoms with Gasteiger partial charge in [0.1, 0.15) is 6.10 Å². The Labute approximate surface area is 115 Å². The van der Waals surface area contributed by atoms with Crippen LogP contribution in [0, 0.1) is 10.1 Å². The molecule has 0 aliphatic carbocycles. The van der Waals surface area contributed by atoms with E-state index in [1.54, 1.807) is 24.3 Å². The monoisotopic (exact) mass is 269 g/mol. The van der Waals surface area contributed by atoms with E-state index < -0.39 is 4.92 Å². The van der Waals surface area contributed by atoms with Crippen molar-refractivity contribution in [2.24, 2.45) is 0 Å². The van der Waals surface area contributed by atoms with Gasteiger partial charge in [-0.2, -0.15) is 0 Å². The molecule has 5 heteroatoms. The van der Waals surface area contributed by atoms with E-state index in [-0.39, 0.29) is 17.8 Å². The number of carbonyl (C=O) groups is 1. The van der Waals surface area contributed by atoms with Crippen molar-refractivity contribution >= 4 is 11.7 Å². The van der Waals surface area contributed by atoms with E-state index >= 15 is 0 Å². The Morgan fingerprint density at radius 2 is 1.80 bits per heavy atom. The lowest BCUT2D eigenvalue weighted by Crippen LogP contribution is -2.02. The minimum absolute atomic E-state index is 0.0533. The summed E-state index contributed by atoms with van der Waals surface area (Å²) in [5.41, 5.74) is 2.41. The van der Waals surface area contributed by atoms with Crippen molar-refractivity contribution in [1.29, 1.82) is 0 Å². The summed E-state index contributed by atoms with van der Waals surface area (Å²) in [6.07, 6.45) is 0.195. The third-order valence-electron chi connectivity index (χ3n) is 3.35. The van der Waals surface area contributed by atoms with Crippen molar-refractivity contribution in [1.82, 2.24) is 0 Å². The van der Waals surface area contributed by atoms with Crippen LogP contribution in [0.15, 0.2) is 48.5 Å². The SMILES string of the molecule is O=C1OC(Cc2ccc([N+](=O)[O-])cc2)c2ccccc21. The molecule has 0 aromatic heterocycles. The van der Waals surface area contributed by atoms with Crippen LogP contribution in [-0.4, -0.2) is 10.9 Å². The van der Waals surface area contributed by atoms with E-state index in [1.165, 1.54) is 12.1 Å². The molecule has 1 atom stereocenters. The first-order chi connectivity index (χ1) is 9.65. The predicted octanol–water partition coefficient (Wildman–Crippen LogP) is 3.05. The van der Waals surface area contributed by atoms with Gasteiger partial charge in [-0.05, 0) is 11.6 Å². The maximum Gasteiger partial charge on any atom is 0.339 e. The molecule has 20 heavy (non-hydrogen) atoms. The fraction of sp³-hybridized carbons (Fsp3) is 0.133. The summed E-state index contributed by atoms with van der Waals surface area (Å²) < 4.78 is 5.34. The number of hydrogen-bond donors (Lipinski definition) is 0. The van der Waals surface area contributed by atoms with E-state index in [0.29, 0.717) is 12.0 Å². The second-order valence-corrected chi connectivity index (χ2v) is 4.61. The minimum atomic E-state index is -0.436. The number of esters is 1. The third kappa shape index (κ3) is 2.14. The average Bonchev–Trinajstić information content (AvgIpc) is 2.77. The van der Waals surface area contributed by atoms with Crippen LogP contribution in [0.2, 0.25) is 0 Å². The van der Waals surface area contributed by atoms with Crippen molar-refractivity contribution in [3.8, 4) is 0 Å². The first-order valence-electron chi connectivity index (χ1n) is 6.18. The van der Waals surface area contributed by atoms with Gasteiger partial charge in [0.05, 0.1) is 10.5 Å². The molecule has 0 spiro atoms. The molecule has 0 radical (unpaired) electrons. The normalized spacial score (nSPS) is 16.6. The highest BCUT2D eigenvalue weighted by molar-refractivity contribution is 5.94. The standard InChI is InChI=1S/C15H11NO4/c17-15-13-4-2-1-3-12(13)14(20-15)9-10-5-7-11(8-6-10)16(18)19/h1-8,14H,9H2. The summed E-state index contributed by atoms with van der Waals surface area (Å²) in [6, 6.07) is 13.6. The average molecular weight is 269 g/mol. The summed E-state index contributed by atoms with van der Waals surface area (Å²) in [5, 5.41) is 10.6. The van der Waals surface area contributed by atoms with Crippen LogP contribution in [0.3, 0.4) is 0 Å². The summed E-state index contributed by atoms with van der Waals surface area (Å²) in [7, 11) is 0. The van der Waals surface area contributed by atoms with E-state index in [2.05, 4.69) is 0 Å².